The summed E-state index contributed by atoms with van der Waals surface area (Å²) in [5.74, 6) is 1.90. The highest BCUT2D eigenvalue weighted by Gasteiger charge is 2.23. The first-order chi connectivity index (χ1) is 11.6. The highest BCUT2D eigenvalue weighted by atomic mass is 16.6. The minimum Gasteiger partial charge on any atom is -0.450 e. The van der Waals surface area contributed by atoms with E-state index in [4.69, 9.17) is 4.74 Å². The number of hydrogen-bond donors (Lipinski definition) is 2. The molecule has 1 aromatic heterocycles. The van der Waals surface area contributed by atoms with Gasteiger partial charge < -0.3 is 20.3 Å². The Kier molecular flexibility index (Phi) is 7.02. The number of likely N-dealkylation sites (tertiary alicyclic amines) is 1. The number of amides is 1. The van der Waals surface area contributed by atoms with Crippen LogP contribution in [-0.2, 0) is 4.74 Å². The van der Waals surface area contributed by atoms with Gasteiger partial charge in [0, 0.05) is 25.7 Å². The summed E-state index contributed by atoms with van der Waals surface area (Å²) in [7, 11) is 0. The highest BCUT2D eigenvalue weighted by Crippen LogP contribution is 2.16. The van der Waals surface area contributed by atoms with Gasteiger partial charge in [0.05, 0.1) is 12.8 Å². The largest absolute Gasteiger partial charge is 0.450 e. The number of carbonyl (C=O) groups excluding carboxylic acids is 1. The summed E-state index contributed by atoms with van der Waals surface area (Å²) in [5.41, 5.74) is 0. The van der Waals surface area contributed by atoms with Gasteiger partial charge in [-0.3, -0.25) is 0 Å². The number of anilines is 2. The molecule has 1 fully saturated rings. The van der Waals surface area contributed by atoms with E-state index in [2.05, 4.69) is 39.7 Å². The smallest absolute Gasteiger partial charge is 0.409 e. The number of carbonyl (C=O) groups is 1. The molecule has 2 N–H and O–H groups in total. The van der Waals surface area contributed by atoms with E-state index in [-0.39, 0.29) is 12.1 Å². The lowest BCUT2D eigenvalue weighted by molar-refractivity contribution is 0.0983. The molecule has 1 amide bonds. The molecule has 2 heterocycles. The Morgan fingerprint density at radius 1 is 1.42 bits per heavy atom. The quantitative estimate of drug-likeness (QED) is 0.789. The van der Waals surface area contributed by atoms with Gasteiger partial charge in [0.25, 0.3) is 0 Å². The van der Waals surface area contributed by atoms with Crippen LogP contribution in [0.4, 0.5) is 16.6 Å². The van der Waals surface area contributed by atoms with Crippen molar-refractivity contribution in [1.29, 1.82) is 0 Å². The van der Waals surface area contributed by atoms with E-state index >= 15 is 0 Å². The summed E-state index contributed by atoms with van der Waals surface area (Å²) in [4.78, 5) is 17.9. The lowest BCUT2D eigenvalue weighted by Crippen LogP contribution is -2.42. The van der Waals surface area contributed by atoms with Crippen LogP contribution < -0.4 is 10.6 Å². The van der Waals surface area contributed by atoms with Crippen molar-refractivity contribution in [3.63, 3.8) is 0 Å². The van der Waals surface area contributed by atoms with Crippen LogP contribution >= 0.6 is 0 Å². The fraction of sp³-hybridized carbons (Fsp3) is 0.750. The fourth-order valence-corrected chi connectivity index (χ4v) is 2.55. The Bertz CT molecular complexity index is 517. The second kappa shape index (κ2) is 9.24. The van der Waals surface area contributed by atoms with Crippen LogP contribution in [0.2, 0.25) is 0 Å². The van der Waals surface area contributed by atoms with Crippen molar-refractivity contribution in [1.82, 2.24) is 20.1 Å². The van der Waals surface area contributed by atoms with Gasteiger partial charge in [-0.25, -0.2) is 4.79 Å². The van der Waals surface area contributed by atoms with Crippen molar-refractivity contribution in [2.24, 2.45) is 5.92 Å². The number of hydrogen-bond acceptors (Lipinski definition) is 7. The minimum atomic E-state index is -0.226. The Morgan fingerprint density at radius 3 is 2.83 bits per heavy atom. The summed E-state index contributed by atoms with van der Waals surface area (Å²) >= 11 is 0. The summed E-state index contributed by atoms with van der Waals surface area (Å²) < 4.78 is 5.03. The lowest BCUT2D eigenvalue weighted by Gasteiger charge is -2.31. The van der Waals surface area contributed by atoms with Crippen LogP contribution in [0.3, 0.4) is 0 Å². The first-order valence-electron chi connectivity index (χ1n) is 8.70. The highest BCUT2D eigenvalue weighted by molar-refractivity contribution is 5.67. The van der Waals surface area contributed by atoms with E-state index in [1.165, 1.54) is 0 Å². The molecule has 0 aliphatic carbocycles. The molecule has 134 valence electrons. The number of piperidine rings is 1. The third-order valence-electron chi connectivity index (χ3n) is 3.94. The predicted octanol–water partition coefficient (Wildman–Crippen LogP) is 2.36. The predicted molar refractivity (Wildman–Crippen MR) is 93.0 cm³/mol. The van der Waals surface area contributed by atoms with Crippen molar-refractivity contribution < 1.29 is 9.53 Å². The van der Waals surface area contributed by atoms with Gasteiger partial charge in [0.15, 0.2) is 5.82 Å². The first kappa shape index (κ1) is 18.2. The summed E-state index contributed by atoms with van der Waals surface area (Å²) in [6.07, 6.45) is 4.19. The third-order valence-corrected chi connectivity index (χ3v) is 3.94. The van der Waals surface area contributed by atoms with Gasteiger partial charge in [-0.05, 0) is 32.1 Å². The normalized spacial score (nSPS) is 15.4. The average Bonchev–Trinajstić information content (AvgIpc) is 2.56. The SMILES string of the molecule is CCOC(=O)N1CCC(Nc2cnnc(NCCC(C)C)n2)CC1. The van der Waals surface area contributed by atoms with Crippen molar-refractivity contribution in [3.8, 4) is 0 Å². The van der Waals surface area contributed by atoms with Gasteiger partial charge in [-0.1, -0.05) is 13.8 Å². The Balaban J connectivity index is 1.79. The van der Waals surface area contributed by atoms with Gasteiger partial charge in [0.1, 0.15) is 0 Å². The van der Waals surface area contributed by atoms with Crippen LogP contribution in [0, 0.1) is 5.92 Å². The monoisotopic (exact) mass is 336 g/mol. The molecule has 1 aliphatic rings. The van der Waals surface area contributed by atoms with Gasteiger partial charge in [-0.15, -0.1) is 5.10 Å². The summed E-state index contributed by atoms with van der Waals surface area (Å²) in [5, 5.41) is 14.6. The number of rotatable bonds is 7. The molecule has 1 saturated heterocycles. The molecule has 0 unspecified atom stereocenters. The molecule has 24 heavy (non-hydrogen) atoms. The van der Waals surface area contributed by atoms with Crippen LogP contribution in [0.1, 0.15) is 40.0 Å². The van der Waals surface area contributed by atoms with E-state index in [9.17, 15) is 4.79 Å². The fourth-order valence-electron chi connectivity index (χ4n) is 2.55. The molecule has 0 atom stereocenters. The molecular weight excluding hydrogens is 308 g/mol. The molecule has 0 spiro atoms. The molecule has 0 radical (unpaired) electrons. The lowest BCUT2D eigenvalue weighted by atomic mass is 10.1. The molecule has 8 heteroatoms. The van der Waals surface area contributed by atoms with Gasteiger partial charge in [0.2, 0.25) is 5.95 Å². The Hall–Kier alpha value is -2.12. The standard InChI is InChI=1S/C16H28N6O2/c1-4-24-16(23)22-9-6-13(7-10-22)19-14-11-18-21-15(20-14)17-8-5-12(2)3/h11-13H,4-10H2,1-3H3,(H2,17,19,20,21). The molecular formula is C16H28N6O2. The zero-order valence-electron chi connectivity index (χ0n) is 14.8. The number of ether oxygens (including phenoxy) is 1. The van der Waals surface area contributed by atoms with Crippen molar-refractivity contribution >= 4 is 17.9 Å². The second-order valence-corrected chi connectivity index (χ2v) is 6.38. The number of nitrogens with zero attached hydrogens (tertiary/aromatic N) is 4. The Labute approximate surface area is 143 Å². The van der Waals surface area contributed by atoms with E-state index in [1.54, 1.807) is 11.1 Å². The van der Waals surface area contributed by atoms with Crippen molar-refractivity contribution in [2.45, 2.75) is 46.1 Å². The molecule has 0 aromatic carbocycles. The maximum atomic E-state index is 11.7. The van der Waals surface area contributed by atoms with Crippen LogP contribution in [0.15, 0.2) is 6.20 Å². The maximum Gasteiger partial charge on any atom is 0.409 e. The Morgan fingerprint density at radius 2 is 2.17 bits per heavy atom. The van der Waals surface area contributed by atoms with E-state index in [0.29, 0.717) is 37.4 Å². The van der Waals surface area contributed by atoms with E-state index in [1.807, 2.05) is 6.92 Å². The molecule has 0 saturated carbocycles. The molecule has 2 rings (SSSR count). The number of nitrogens with one attached hydrogen (secondary N) is 2. The van der Waals surface area contributed by atoms with Crippen molar-refractivity contribution in [3.05, 3.63) is 6.20 Å². The number of aromatic nitrogens is 3. The van der Waals surface area contributed by atoms with Crippen molar-refractivity contribution in [2.75, 3.05) is 36.9 Å². The summed E-state index contributed by atoms with van der Waals surface area (Å²) in [6.45, 7) is 8.81. The van der Waals surface area contributed by atoms with Crippen LogP contribution in [-0.4, -0.2) is 58.5 Å². The van der Waals surface area contributed by atoms with Crippen LogP contribution in [0.5, 0.6) is 0 Å². The third kappa shape index (κ3) is 5.82. The zero-order chi connectivity index (χ0) is 17.4. The van der Waals surface area contributed by atoms with E-state index < -0.39 is 0 Å². The second-order valence-electron chi connectivity index (χ2n) is 6.38. The molecule has 0 bridgehead atoms. The summed E-state index contributed by atoms with van der Waals surface area (Å²) in [6, 6.07) is 0.274. The zero-order valence-corrected chi connectivity index (χ0v) is 14.8. The molecule has 1 aliphatic heterocycles. The first-order valence-corrected chi connectivity index (χ1v) is 8.70. The maximum absolute atomic E-state index is 11.7. The molecule has 8 nitrogen and oxygen atoms in total. The van der Waals surface area contributed by atoms with Gasteiger partial charge >= 0.3 is 6.09 Å². The topological polar surface area (TPSA) is 92.3 Å². The van der Waals surface area contributed by atoms with E-state index in [0.717, 1.165) is 25.8 Å². The average molecular weight is 336 g/mol. The van der Waals surface area contributed by atoms with Crippen LogP contribution in [0.25, 0.3) is 0 Å². The minimum absolute atomic E-state index is 0.226. The van der Waals surface area contributed by atoms with Gasteiger partial charge in [-0.2, -0.15) is 10.1 Å². The molecule has 1 aromatic rings.